The van der Waals surface area contributed by atoms with Gasteiger partial charge in [-0.3, -0.25) is 9.52 Å². The van der Waals surface area contributed by atoms with Crippen LogP contribution < -0.4 is 15.4 Å². The van der Waals surface area contributed by atoms with Crippen LogP contribution in [0.5, 0.6) is 0 Å². The van der Waals surface area contributed by atoms with Crippen molar-refractivity contribution in [1.82, 2.24) is 30.4 Å². The molecule has 1 amide bonds. The molecule has 0 saturated carbocycles. The molecule has 4 N–H and O–H groups in total. The van der Waals surface area contributed by atoms with Crippen LogP contribution in [0.2, 0.25) is 0 Å². The topological polar surface area (TPSA) is 151 Å². The highest BCUT2D eigenvalue weighted by Crippen LogP contribution is 2.22. The Hall–Kier alpha value is -4.17. The van der Waals surface area contributed by atoms with Crippen LogP contribution in [0.1, 0.15) is 47.4 Å². The van der Waals surface area contributed by atoms with E-state index in [-0.39, 0.29) is 28.6 Å². The van der Waals surface area contributed by atoms with Crippen LogP contribution in [-0.4, -0.2) is 51.3 Å². The second-order valence-electron chi connectivity index (χ2n) is 10.7. The Kier molecular flexibility index (Phi) is 9.16. The van der Waals surface area contributed by atoms with E-state index in [9.17, 15) is 18.3 Å². The van der Waals surface area contributed by atoms with Gasteiger partial charge in [0.1, 0.15) is 5.01 Å². The monoisotopic (exact) mass is 619 g/mol. The molecule has 43 heavy (non-hydrogen) atoms. The molecule has 5 rings (SSSR count). The molecule has 5 aromatic rings. The van der Waals surface area contributed by atoms with Gasteiger partial charge in [-0.05, 0) is 62.2 Å². The van der Waals surface area contributed by atoms with Crippen LogP contribution in [0.3, 0.4) is 0 Å². The molecule has 3 heterocycles. The summed E-state index contributed by atoms with van der Waals surface area (Å²) in [5.74, 6) is -0.305. The van der Waals surface area contributed by atoms with Crippen molar-refractivity contribution in [2.24, 2.45) is 0 Å². The number of nitrogens with one attached hydrogen (secondary N) is 3. The summed E-state index contributed by atoms with van der Waals surface area (Å²) >= 11 is 1.47. The predicted molar refractivity (Wildman–Crippen MR) is 166 cm³/mol. The minimum Gasteiger partial charge on any atom is -0.387 e. The van der Waals surface area contributed by atoms with Crippen molar-refractivity contribution in [3.8, 4) is 0 Å². The van der Waals surface area contributed by atoms with Crippen LogP contribution in [0, 0.1) is 0 Å². The molecule has 0 spiro atoms. The number of β-amino-alcohol motifs (C(OH)–C–C–N with tert-alkyl or cyclic N) is 1. The molecular formula is C30H33N7O4S2. The number of hydrogen-bond donors (Lipinski definition) is 4. The van der Waals surface area contributed by atoms with Crippen molar-refractivity contribution in [3.63, 3.8) is 0 Å². The number of fused-ring (bicyclic) bond motifs is 1. The van der Waals surface area contributed by atoms with Gasteiger partial charge >= 0.3 is 0 Å². The van der Waals surface area contributed by atoms with Crippen molar-refractivity contribution in [1.29, 1.82) is 0 Å². The lowest BCUT2D eigenvalue weighted by molar-refractivity contribution is 0.0945. The molecule has 1 atom stereocenters. The number of aryl methyl sites for hydroxylation is 1. The number of sulfonamides is 1. The fourth-order valence-electron chi connectivity index (χ4n) is 4.47. The number of thiazole rings is 1. The minimum absolute atomic E-state index is 0.166. The quantitative estimate of drug-likeness (QED) is 0.154. The smallest absolute Gasteiger partial charge is 0.272 e. The van der Waals surface area contributed by atoms with Gasteiger partial charge in [-0.1, -0.05) is 30.3 Å². The SMILES string of the molecule is CC(C)(CCn1ccc2cc(C(=O)NCc3nccs3)nnc21)NC[C@H](O)c1cccc(NS(=O)(=O)c2ccccc2)c1. The first-order valence-corrected chi connectivity index (χ1v) is 16.1. The van der Waals surface area contributed by atoms with Crippen molar-refractivity contribution in [2.75, 3.05) is 11.3 Å². The third-order valence-electron chi connectivity index (χ3n) is 6.95. The summed E-state index contributed by atoms with van der Waals surface area (Å²) in [6.45, 7) is 5.35. The number of carbonyl (C=O) groups is 1. The molecule has 11 nitrogen and oxygen atoms in total. The van der Waals surface area contributed by atoms with E-state index in [0.29, 0.717) is 30.0 Å². The lowest BCUT2D eigenvalue weighted by atomic mass is 9.99. The van der Waals surface area contributed by atoms with Crippen molar-refractivity contribution >= 4 is 44.0 Å². The standard InChI is InChI=1S/C30H33N7O4S2/c1-30(2,33-19-26(38)21-7-6-8-23(17-21)36-43(40,41)24-9-4-3-5-10-24)12-15-37-14-11-22-18-25(34-35-28(22)37)29(39)32-20-27-31-13-16-42-27/h3-11,13-14,16-18,26,33,36,38H,12,15,19-20H2,1-2H3,(H,32,39)/t26-/m0/s1. The van der Waals surface area contributed by atoms with Gasteiger partial charge in [-0.15, -0.1) is 21.5 Å². The molecule has 0 fully saturated rings. The van der Waals surface area contributed by atoms with Crippen molar-refractivity contribution in [2.45, 2.75) is 49.9 Å². The van der Waals surface area contributed by atoms with Gasteiger partial charge in [0.2, 0.25) is 0 Å². The average molecular weight is 620 g/mol. The third kappa shape index (κ3) is 7.82. The van der Waals surface area contributed by atoms with Gasteiger partial charge < -0.3 is 20.3 Å². The number of aromatic nitrogens is 4. The number of rotatable bonds is 13. The summed E-state index contributed by atoms with van der Waals surface area (Å²) in [4.78, 5) is 16.8. The van der Waals surface area contributed by atoms with Gasteiger partial charge in [0.15, 0.2) is 11.3 Å². The predicted octanol–water partition coefficient (Wildman–Crippen LogP) is 4.11. The Morgan fingerprint density at radius 2 is 1.88 bits per heavy atom. The van der Waals surface area contributed by atoms with Crippen LogP contribution in [0.15, 0.2) is 89.4 Å². The molecule has 0 unspecified atom stereocenters. The van der Waals surface area contributed by atoms with E-state index in [0.717, 1.165) is 16.8 Å². The molecule has 224 valence electrons. The maximum Gasteiger partial charge on any atom is 0.272 e. The van der Waals surface area contributed by atoms with Gasteiger partial charge in [-0.2, -0.15) is 0 Å². The first-order valence-electron chi connectivity index (χ1n) is 13.7. The number of carbonyl (C=O) groups excluding carboxylic acids is 1. The average Bonchev–Trinajstić information content (AvgIpc) is 3.68. The van der Waals surface area contributed by atoms with E-state index in [2.05, 4.69) is 30.5 Å². The zero-order valence-corrected chi connectivity index (χ0v) is 25.4. The molecule has 13 heteroatoms. The van der Waals surface area contributed by atoms with Crippen LogP contribution in [0.25, 0.3) is 11.0 Å². The molecule has 0 saturated heterocycles. The zero-order chi connectivity index (χ0) is 30.5. The molecule has 0 bridgehead atoms. The number of nitrogens with zero attached hydrogens (tertiary/aromatic N) is 4. The van der Waals surface area contributed by atoms with Gasteiger partial charge in [0, 0.05) is 47.5 Å². The Morgan fingerprint density at radius 1 is 1.07 bits per heavy atom. The van der Waals surface area contributed by atoms with Crippen LogP contribution in [-0.2, 0) is 23.1 Å². The first-order chi connectivity index (χ1) is 20.6. The largest absolute Gasteiger partial charge is 0.387 e. The molecule has 0 aliphatic rings. The van der Waals surface area contributed by atoms with E-state index in [1.165, 1.54) is 23.5 Å². The first kappa shape index (κ1) is 30.3. The number of aliphatic hydroxyl groups excluding tert-OH is 1. The summed E-state index contributed by atoms with van der Waals surface area (Å²) in [6.07, 6.45) is 3.49. The lowest BCUT2D eigenvalue weighted by Crippen LogP contribution is -2.42. The third-order valence-corrected chi connectivity index (χ3v) is 9.13. The summed E-state index contributed by atoms with van der Waals surface area (Å²) in [5.41, 5.74) is 1.56. The summed E-state index contributed by atoms with van der Waals surface area (Å²) < 4.78 is 29.9. The lowest BCUT2D eigenvalue weighted by Gasteiger charge is -2.28. The number of benzene rings is 2. The highest BCUT2D eigenvalue weighted by molar-refractivity contribution is 7.92. The number of amides is 1. The van der Waals surface area contributed by atoms with Gasteiger partial charge in [0.05, 0.1) is 17.5 Å². The number of anilines is 1. The minimum atomic E-state index is -3.73. The number of aliphatic hydroxyl groups is 1. The summed E-state index contributed by atoms with van der Waals surface area (Å²) in [7, 11) is -3.73. The van der Waals surface area contributed by atoms with E-state index < -0.39 is 16.1 Å². The maximum absolute atomic E-state index is 12.7. The second-order valence-corrected chi connectivity index (χ2v) is 13.4. The highest BCUT2D eigenvalue weighted by atomic mass is 32.2. The van der Waals surface area contributed by atoms with E-state index in [1.54, 1.807) is 54.7 Å². The van der Waals surface area contributed by atoms with Crippen molar-refractivity contribution in [3.05, 3.63) is 101 Å². The van der Waals surface area contributed by atoms with E-state index in [1.807, 2.05) is 36.1 Å². The van der Waals surface area contributed by atoms with Crippen LogP contribution in [0.4, 0.5) is 5.69 Å². The normalized spacial score (nSPS) is 12.7. The Morgan fingerprint density at radius 3 is 2.65 bits per heavy atom. The molecule has 0 aliphatic carbocycles. The Bertz CT molecular complexity index is 1790. The molecule has 2 aromatic carbocycles. The van der Waals surface area contributed by atoms with Gasteiger partial charge in [0.25, 0.3) is 15.9 Å². The second kappa shape index (κ2) is 13.0. The molecule has 0 aliphatic heterocycles. The number of hydrogen-bond acceptors (Lipinski definition) is 9. The van der Waals surface area contributed by atoms with E-state index in [4.69, 9.17) is 0 Å². The van der Waals surface area contributed by atoms with Crippen LogP contribution >= 0.6 is 11.3 Å². The summed E-state index contributed by atoms with van der Waals surface area (Å²) in [5, 5.41) is 29.0. The fourth-order valence-corrected chi connectivity index (χ4v) is 6.09. The highest BCUT2D eigenvalue weighted by Gasteiger charge is 2.21. The molecule has 3 aromatic heterocycles. The molecular weight excluding hydrogens is 587 g/mol. The van der Waals surface area contributed by atoms with Gasteiger partial charge in [-0.25, -0.2) is 13.4 Å². The Balaban J connectivity index is 1.15. The van der Waals surface area contributed by atoms with E-state index >= 15 is 0 Å². The Labute approximate surface area is 254 Å². The van der Waals surface area contributed by atoms with Crippen molar-refractivity contribution < 1.29 is 18.3 Å². The summed E-state index contributed by atoms with van der Waals surface area (Å²) in [6, 6.07) is 18.5. The maximum atomic E-state index is 12.7. The molecule has 0 radical (unpaired) electrons. The zero-order valence-electron chi connectivity index (χ0n) is 23.8. The fraction of sp³-hybridized carbons (Fsp3) is 0.267.